The van der Waals surface area contributed by atoms with Gasteiger partial charge in [-0.2, -0.15) is 0 Å². The lowest BCUT2D eigenvalue weighted by atomic mass is 10.1. The van der Waals surface area contributed by atoms with Gasteiger partial charge in [0.2, 0.25) is 0 Å². The van der Waals surface area contributed by atoms with Gasteiger partial charge in [-0.3, -0.25) is 0 Å². The predicted molar refractivity (Wildman–Crippen MR) is 70.7 cm³/mol. The maximum Gasteiger partial charge on any atom is 0.152 e. The van der Waals surface area contributed by atoms with Gasteiger partial charge in [0.1, 0.15) is 28.8 Å². The second-order valence-corrected chi connectivity index (χ2v) is 4.81. The van der Waals surface area contributed by atoms with E-state index in [1.165, 1.54) is 6.33 Å². The molecule has 0 aliphatic carbocycles. The Morgan fingerprint density at radius 2 is 1.70 bits per heavy atom. The second-order valence-electron chi connectivity index (χ2n) is 4.45. The molecular weight excluding hydrogens is 291 g/mol. The van der Waals surface area contributed by atoms with Gasteiger partial charge in [-0.1, -0.05) is 25.4 Å². The smallest absolute Gasteiger partial charge is 0.152 e. The van der Waals surface area contributed by atoms with Crippen molar-refractivity contribution in [2.24, 2.45) is 0 Å². The fraction of sp³-hybridized carbons (Fsp3) is 0.231. The molecule has 1 aromatic heterocycles. The van der Waals surface area contributed by atoms with E-state index in [9.17, 15) is 13.2 Å². The van der Waals surface area contributed by atoms with Crippen molar-refractivity contribution in [3.05, 3.63) is 46.6 Å². The minimum absolute atomic E-state index is 0.0576. The van der Waals surface area contributed by atoms with Crippen LogP contribution >= 0.6 is 11.6 Å². The highest BCUT2D eigenvalue weighted by Crippen LogP contribution is 2.31. The molecule has 0 unspecified atom stereocenters. The molecule has 20 heavy (non-hydrogen) atoms. The summed E-state index contributed by atoms with van der Waals surface area (Å²) in [5.74, 6) is -2.96. The van der Waals surface area contributed by atoms with Gasteiger partial charge in [0.25, 0.3) is 0 Å². The molecule has 106 valence electrons. The zero-order valence-electron chi connectivity index (χ0n) is 10.7. The van der Waals surface area contributed by atoms with Gasteiger partial charge in [0.15, 0.2) is 11.6 Å². The highest BCUT2D eigenvalue weighted by atomic mass is 35.5. The number of rotatable bonds is 3. The fourth-order valence-corrected chi connectivity index (χ4v) is 2.12. The van der Waals surface area contributed by atoms with E-state index < -0.39 is 23.1 Å². The third kappa shape index (κ3) is 2.85. The molecule has 7 heteroatoms. The monoisotopic (exact) mass is 301 g/mol. The van der Waals surface area contributed by atoms with Crippen LogP contribution in [0, 0.1) is 17.5 Å². The molecule has 3 nitrogen and oxygen atoms in total. The SMILES string of the molecule is CC(C)c1c(Cl)ncnc1Nc1c(F)cc(F)cc1F. The Labute approximate surface area is 118 Å². The van der Waals surface area contributed by atoms with Gasteiger partial charge < -0.3 is 5.32 Å². The summed E-state index contributed by atoms with van der Waals surface area (Å²) in [6, 6.07) is 1.17. The lowest BCUT2D eigenvalue weighted by Crippen LogP contribution is -2.06. The number of nitrogens with one attached hydrogen (secondary N) is 1. The molecule has 1 heterocycles. The number of hydrogen-bond acceptors (Lipinski definition) is 3. The predicted octanol–water partition coefficient (Wildman–Crippen LogP) is 4.41. The summed E-state index contributed by atoms with van der Waals surface area (Å²) < 4.78 is 40.1. The van der Waals surface area contributed by atoms with Crippen LogP contribution < -0.4 is 5.32 Å². The first-order valence-electron chi connectivity index (χ1n) is 5.82. The summed E-state index contributed by atoms with van der Waals surface area (Å²) in [5.41, 5.74) is 0.0420. The van der Waals surface area contributed by atoms with E-state index >= 15 is 0 Å². The Kier molecular flexibility index (Phi) is 4.13. The van der Waals surface area contributed by atoms with Crippen molar-refractivity contribution in [1.82, 2.24) is 9.97 Å². The number of benzene rings is 1. The first-order valence-corrected chi connectivity index (χ1v) is 6.20. The average Bonchev–Trinajstić information content (AvgIpc) is 2.33. The molecule has 0 fully saturated rings. The van der Waals surface area contributed by atoms with Gasteiger partial charge in [0, 0.05) is 17.7 Å². The fourth-order valence-electron chi connectivity index (χ4n) is 1.77. The molecule has 1 N–H and O–H groups in total. The van der Waals surface area contributed by atoms with E-state index in [0.29, 0.717) is 17.7 Å². The third-order valence-electron chi connectivity index (χ3n) is 2.66. The van der Waals surface area contributed by atoms with Crippen LogP contribution in [0.1, 0.15) is 25.3 Å². The number of hydrogen-bond donors (Lipinski definition) is 1. The Morgan fingerprint density at radius 3 is 2.25 bits per heavy atom. The van der Waals surface area contributed by atoms with Gasteiger partial charge >= 0.3 is 0 Å². The first-order chi connectivity index (χ1) is 9.40. The molecule has 1 aromatic carbocycles. The first kappa shape index (κ1) is 14.6. The van der Waals surface area contributed by atoms with E-state index in [1.54, 1.807) is 0 Å². The summed E-state index contributed by atoms with van der Waals surface area (Å²) in [6.07, 6.45) is 1.18. The molecular formula is C13H11ClF3N3. The summed E-state index contributed by atoms with van der Waals surface area (Å²) in [4.78, 5) is 7.76. The lowest BCUT2D eigenvalue weighted by Gasteiger charge is -2.15. The number of nitrogens with zero attached hydrogens (tertiary/aromatic N) is 2. The molecule has 0 aliphatic rings. The normalized spacial score (nSPS) is 10.9. The van der Waals surface area contributed by atoms with Crippen LogP contribution in [0.3, 0.4) is 0 Å². The average molecular weight is 302 g/mol. The third-order valence-corrected chi connectivity index (χ3v) is 2.96. The molecule has 0 saturated carbocycles. The minimum Gasteiger partial charge on any atom is -0.335 e. The number of aromatic nitrogens is 2. The molecule has 2 aromatic rings. The van der Waals surface area contributed by atoms with E-state index in [1.807, 2.05) is 13.8 Å². The van der Waals surface area contributed by atoms with Crippen LogP contribution in [-0.4, -0.2) is 9.97 Å². The van der Waals surface area contributed by atoms with Crippen molar-refractivity contribution in [1.29, 1.82) is 0 Å². The van der Waals surface area contributed by atoms with E-state index in [4.69, 9.17) is 11.6 Å². The highest BCUT2D eigenvalue weighted by molar-refractivity contribution is 6.30. The zero-order chi connectivity index (χ0) is 14.9. The maximum absolute atomic E-state index is 13.6. The minimum atomic E-state index is -1.05. The lowest BCUT2D eigenvalue weighted by molar-refractivity contribution is 0.548. The molecule has 0 amide bonds. The Morgan fingerprint density at radius 1 is 1.10 bits per heavy atom. The quantitative estimate of drug-likeness (QED) is 0.853. The van der Waals surface area contributed by atoms with Gasteiger partial charge in [0.05, 0.1) is 0 Å². The standard InChI is InChI=1S/C13H11ClF3N3/c1-6(2)10-12(14)18-5-19-13(10)20-11-8(16)3-7(15)4-9(11)17/h3-6H,1-2H3,(H,18,19,20). The molecule has 0 radical (unpaired) electrons. The summed E-state index contributed by atoms with van der Waals surface area (Å²) in [7, 11) is 0. The van der Waals surface area contributed by atoms with Gasteiger partial charge in [-0.25, -0.2) is 23.1 Å². The van der Waals surface area contributed by atoms with Crippen molar-refractivity contribution >= 4 is 23.1 Å². The number of anilines is 2. The van der Waals surface area contributed by atoms with Crippen LogP contribution in [0.2, 0.25) is 5.15 Å². The Bertz CT molecular complexity index is 624. The highest BCUT2D eigenvalue weighted by Gasteiger charge is 2.17. The second kappa shape index (κ2) is 5.66. The van der Waals surface area contributed by atoms with Crippen molar-refractivity contribution < 1.29 is 13.2 Å². The van der Waals surface area contributed by atoms with Crippen LogP contribution in [-0.2, 0) is 0 Å². The van der Waals surface area contributed by atoms with E-state index in [-0.39, 0.29) is 16.9 Å². The molecule has 2 rings (SSSR count). The van der Waals surface area contributed by atoms with E-state index in [0.717, 1.165) is 0 Å². The van der Waals surface area contributed by atoms with Crippen LogP contribution in [0.5, 0.6) is 0 Å². The van der Waals surface area contributed by atoms with Crippen LogP contribution in [0.15, 0.2) is 18.5 Å². The summed E-state index contributed by atoms with van der Waals surface area (Å²) in [6.45, 7) is 3.68. The van der Waals surface area contributed by atoms with Crippen molar-refractivity contribution in [3.63, 3.8) is 0 Å². The molecule has 0 saturated heterocycles. The van der Waals surface area contributed by atoms with Gasteiger partial charge in [-0.15, -0.1) is 0 Å². The molecule has 0 aliphatic heterocycles. The largest absolute Gasteiger partial charge is 0.335 e. The van der Waals surface area contributed by atoms with Crippen molar-refractivity contribution in [2.75, 3.05) is 5.32 Å². The van der Waals surface area contributed by atoms with Crippen molar-refractivity contribution in [2.45, 2.75) is 19.8 Å². The zero-order valence-corrected chi connectivity index (χ0v) is 11.5. The molecule has 0 atom stereocenters. The van der Waals surface area contributed by atoms with Crippen LogP contribution in [0.25, 0.3) is 0 Å². The summed E-state index contributed by atoms with van der Waals surface area (Å²) >= 11 is 5.96. The topological polar surface area (TPSA) is 37.8 Å². The summed E-state index contributed by atoms with van der Waals surface area (Å²) in [5, 5.41) is 2.70. The van der Waals surface area contributed by atoms with Gasteiger partial charge in [-0.05, 0) is 5.92 Å². The Balaban J connectivity index is 2.48. The van der Waals surface area contributed by atoms with Crippen LogP contribution in [0.4, 0.5) is 24.7 Å². The van der Waals surface area contributed by atoms with Crippen molar-refractivity contribution in [3.8, 4) is 0 Å². The molecule has 0 bridgehead atoms. The number of halogens is 4. The Hall–Kier alpha value is -1.82. The molecule has 0 spiro atoms. The maximum atomic E-state index is 13.6. The van der Waals surface area contributed by atoms with E-state index in [2.05, 4.69) is 15.3 Å².